The second-order valence-electron chi connectivity index (χ2n) is 9.33. The Morgan fingerprint density at radius 2 is 1.88 bits per heavy atom. The minimum absolute atomic E-state index is 0.0675. The molecule has 0 aliphatic rings. The Morgan fingerprint density at radius 3 is 2.48 bits per heavy atom. The van der Waals surface area contributed by atoms with Gasteiger partial charge in [-0.2, -0.15) is 0 Å². The molecule has 11 heteroatoms. The minimum atomic E-state index is -0.422. The number of allylic oxidation sites excluding steroid dienone is 1. The van der Waals surface area contributed by atoms with Crippen molar-refractivity contribution in [3.05, 3.63) is 81.2 Å². The Labute approximate surface area is 234 Å². The summed E-state index contributed by atoms with van der Waals surface area (Å²) < 4.78 is 10.5. The maximum absolute atomic E-state index is 12.2. The smallest absolute Gasteiger partial charge is 0.337 e. The van der Waals surface area contributed by atoms with Crippen LogP contribution in [-0.4, -0.2) is 74.2 Å². The first-order valence-electron chi connectivity index (χ1n) is 12.8. The lowest BCUT2D eigenvalue weighted by atomic mass is 9.93. The number of nitrogens with zero attached hydrogens (tertiary/aromatic N) is 5. The number of nitrogens with one attached hydrogen (secondary N) is 1. The van der Waals surface area contributed by atoms with E-state index in [1.807, 2.05) is 56.9 Å². The normalized spacial score (nSPS) is 11.3. The maximum Gasteiger partial charge on any atom is 0.337 e. The molecule has 0 radical (unpaired) electrons. The molecule has 1 heterocycles. The third-order valence-corrected chi connectivity index (χ3v) is 6.46. The van der Waals surface area contributed by atoms with Crippen LogP contribution in [0.15, 0.2) is 48.7 Å². The van der Waals surface area contributed by atoms with Crippen molar-refractivity contribution < 1.29 is 19.2 Å². The highest BCUT2D eigenvalue weighted by Crippen LogP contribution is 2.39. The van der Waals surface area contributed by atoms with E-state index < -0.39 is 10.9 Å². The average Bonchev–Trinajstić information content (AvgIpc) is 2.95. The molecule has 0 aliphatic heterocycles. The molecular weight excluding hydrogens is 512 g/mol. The van der Waals surface area contributed by atoms with Crippen LogP contribution < -0.4 is 15.0 Å². The molecule has 0 saturated carbocycles. The number of carbonyl (C=O) groups excluding carboxylic acids is 1. The second-order valence-corrected chi connectivity index (χ2v) is 9.33. The predicted octanol–water partition coefficient (Wildman–Crippen LogP) is 4.94. The van der Waals surface area contributed by atoms with Crippen LogP contribution in [0.2, 0.25) is 0 Å². The quantitative estimate of drug-likeness (QED) is 0.189. The van der Waals surface area contributed by atoms with Crippen molar-refractivity contribution in [2.45, 2.75) is 20.3 Å². The number of nitro groups is 1. The number of rotatable bonds is 12. The van der Waals surface area contributed by atoms with Crippen molar-refractivity contribution in [3.63, 3.8) is 0 Å². The Bertz CT molecular complexity index is 1410. The van der Waals surface area contributed by atoms with Crippen LogP contribution in [0.5, 0.6) is 5.75 Å². The summed E-state index contributed by atoms with van der Waals surface area (Å²) >= 11 is 0. The molecule has 40 heavy (non-hydrogen) atoms. The molecule has 1 N–H and O–H groups in total. The monoisotopic (exact) mass is 548 g/mol. The fourth-order valence-electron chi connectivity index (χ4n) is 4.26. The van der Waals surface area contributed by atoms with E-state index in [-0.39, 0.29) is 11.6 Å². The Morgan fingerprint density at radius 1 is 1.12 bits per heavy atom. The number of esters is 1. The van der Waals surface area contributed by atoms with Crippen molar-refractivity contribution in [2.75, 3.05) is 58.7 Å². The van der Waals surface area contributed by atoms with Gasteiger partial charge in [-0.3, -0.25) is 10.1 Å². The highest BCUT2D eigenvalue weighted by atomic mass is 16.6. The van der Waals surface area contributed by atoms with Gasteiger partial charge in [0.25, 0.3) is 5.69 Å². The molecule has 3 aromatic rings. The van der Waals surface area contributed by atoms with Gasteiger partial charge >= 0.3 is 5.97 Å². The summed E-state index contributed by atoms with van der Waals surface area (Å²) in [6, 6.07) is 10.3. The molecule has 0 fully saturated rings. The first-order chi connectivity index (χ1) is 19.1. The number of likely N-dealkylation sites (N-methyl/N-ethyl adjacent to an activating group) is 2. The van der Waals surface area contributed by atoms with E-state index in [2.05, 4.69) is 10.3 Å². The first-order valence-corrected chi connectivity index (χ1v) is 12.8. The van der Waals surface area contributed by atoms with Gasteiger partial charge in [0.15, 0.2) is 0 Å². The van der Waals surface area contributed by atoms with Gasteiger partial charge in [0.2, 0.25) is 5.95 Å². The van der Waals surface area contributed by atoms with E-state index in [0.717, 1.165) is 29.7 Å². The van der Waals surface area contributed by atoms with Crippen molar-refractivity contribution in [3.8, 4) is 5.75 Å². The number of ether oxygens (including phenoxy) is 2. The Kier molecular flexibility index (Phi) is 10.2. The van der Waals surface area contributed by atoms with E-state index in [1.165, 1.54) is 20.3 Å². The first kappa shape index (κ1) is 30.0. The molecule has 11 nitrogen and oxygen atoms in total. The molecule has 0 saturated heterocycles. The fraction of sp³-hybridized carbons (Fsp3) is 0.345. The molecule has 0 bridgehead atoms. The summed E-state index contributed by atoms with van der Waals surface area (Å²) in [5.74, 6) is 0.228. The molecule has 212 valence electrons. The molecule has 2 aromatic carbocycles. The van der Waals surface area contributed by atoms with Gasteiger partial charge in [-0.25, -0.2) is 14.8 Å². The Hall–Kier alpha value is -4.51. The average molecular weight is 549 g/mol. The summed E-state index contributed by atoms with van der Waals surface area (Å²) in [6.45, 7) is 5.26. The number of hydrogen-bond acceptors (Lipinski definition) is 10. The number of nitro benzene ring substituents is 1. The molecule has 3 rings (SSSR count). The summed E-state index contributed by atoms with van der Waals surface area (Å²) in [6.07, 6.45) is 4.28. The van der Waals surface area contributed by atoms with Gasteiger partial charge in [0.05, 0.1) is 36.1 Å². The molecule has 1 aromatic heterocycles. The number of hydrogen-bond donors (Lipinski definition) is 1. The Balaban J connectivity index is 2.02. The van der Waals surface area contributed by atoms with Crippen molar-refractivity contribution in [1.29, 1.82) is 0 Å². The molecule has 0 unspecified atom stereocenters. The zero-order chi connectivity index (χ0) is 29.4. The molecule has 0 spiro atoms. The number of aryl methyl sites for hydroxylation is 1. The fourth-order valence-corrected chi connectivity index (χ4v) is 4.26. The van der Waals surface area contributed by atoms with Crippen LogP contribution >= 0.6 is 0 Å². The van der Waals surface area contributed by atoms with Gasteiger partial charge in [0.1, 0.15) is 11.4 Å². The zero-order valence-electron chi connectivity index (χ0n) is 24.0. The largest absolute Gasteiger partial charge is 0.494 e. The third-order valence-electron chi connectivity index (χ3n) is 6.46. The van der Waals surface area contributed by atoms with E-state index in [4.69, 9.17) is 14.5 Å². The van der Waals surface area contributed by atoms with E-state index in [9.17, 15) is 14.9 Å². The lowest BCUT2D eigenvalue weighted by molar-refractivity contribution is -0.384. The molecule has 0 aliphatic carbocycles. The summed E-state index contributed by atoms with van der Waals surface area (Å²) in [5, 5.41) is 15.1. The van der Waals surface area contributed by atoms with Crippen LogP contribution in [0.3, 0.4) is 0 Å². The number of methoxy groups -OCH3 is 2. The van der Waals surface area contributed by atoms with E-state index in [0.29, 0.717) is 34.9 Å². The van der Waals surface area contributed by atoms with Crippen LogP contribution in [0, 0.1) is 10.1 Å². The molecular formula is C29H36N6O5. The number of benzene rings is 2. The van der Waals surface area contributed by atoms with Crippen LogP contribution in [0.25, 0.3) is 5.57 Å². The van der Waals surface area contributed by atoms with Crippen molar-refractivity contribution >= 4 is 34.6 Å². The highest BCUT2D eigenvalue weighted by Gasteiger charge is 2.23. The number of aromatic nitrogens is 2. The standard InChI is InChI=1S/C29H36N6O5/c1-8-19-10-11-20(28(36)40-7)16-22(19)21(9-2)23-12-13-30-29(31-23)32-24-17-26(35(37)38)25(18-27(24)39-6)34(5)15-14-33(3)4/h9-13,16-18H,8,14-15H2,1-7H3,(H,30,31,32)/b21-9+. The number of carbonyl (C=O) groups is 1. The zero-order valence-corrected chi connectivity index (χ0v) is 24.0. The minimum Gasteiger partial charge on any atom is -0.494 e. The van der Waals surface area contributed by atoms with E-state index in [1.54, 1.807) is 30.5 Å². The van der Waals surface area contributed by atoms with Gasteiger partial charge in [-0.05, 0) is 56.8 Å². The third kappa shape index (κ3) is 6.92. The summed E-state index contributed by atoms with van der Waals surface area (Å²) in [7, 11) is 8.56. The van der Waals surface area contributed by atoms with Crippen LogP contribution in [-0.2, 0) is 11.2 Å². The van der Waals surface area contributed by atoms with Gasteiger partial charge in [-0.15, -0.1) is 0 Å². The predicted molar refractivity (Wildman–Crippen MR) is 157 cm³/mol. The molecule has 0 atom stereocenters. The van der Waals surface area contributed by atoms with Gasteiger partial charge < -0.3 is 24.6 Å². The maximum atomic E-state index is 12.2. The van der Waals surface area contributed by atoms with Gasteiger partial charge in [-0.1, -0.05) is 19.1 Å². The number of anilines is 3. The van der Waals surface area contributed by atoms with Crippen LogP contribution in [0.1, 0.15) is 41.0 Å². The second kappa shape index (κ2) is 13.5. The highest BCUT2D eigenvalue weighted by molar-refractivity contribution is 5.92. The topological polar surface area (TPSA) is 123 Å². The van der Waals surface area contributed by atoms with Crippen LogP contribution in [0.4, 0.5) is 23.0 Å². The lowest BCUT2D eigenvalue weighted by Gasteiger charge is -2.22. The van der Waals surface area contributed by atoms with Crippen molar-refractivity contribution in [1.82, 2.24) is 14.9 Å². The SMILES string of the molecule is C/C=C(/c1ccnc(Nc2cc([N+](=O)[O-])c(N(C)CCN(C)C)cc2OC)n1)c1cc(C(=O)OC)ccc1CC. The molecule has 0 amide bonds. The van der Waals surface area contributed by atoms with Gasteiger partial charge in [0, 0.05) is 44.0 Å². The summed E-state index contributed by atoms with van der Waals surface area (Å²) in [5.41, 5.74) is 4.50. The van der Waals surface area contributed by atoms with E-state index >= 15 is 0 Å². The lowest BCUT2D eigenvalue weighted by Crippen LogP contribution is -2.28. The summed E-state index contributed by atoms with van der Waals surface area (Å²) in [4.78, 5) is 36.6. The van der Waals surface area contributed by atoms with Crippen molar-refractivity contribution in [2.24, 2.45) is 0 Å².